The van der Waals surface area contributed by atoms with Crippen LogP contribution in [0.25, 0.3) is 0 Å². The van der Waals surface area contributed by atoms with Crippen molar-refractivity contribution in [2.75, 3.05) is 0 Å². The number of imidazole rings is 1. The number of fused-ring (bicyclic) bond motifs is 1. The van der Waals surface area contributed by atoms with E-state index in [4.69, 9.17) is 5.73 Å². The molecule has 0 aromatic carbocycles. The molecule has 78 valence electrons. The molecule has 0 fully saturated rings. The molecule has 0 spiro atoms. The van der Waals surface area contributed by atoms with Crippen molar-refractivity contribution in [3.8, 4) is 0 Å². The number of nitrogens with two attached hydrogens (primary N) is 1. The van der Waals surface area contributed by atoms with Gasteiger partial charge < -0.3 is 10.7 Å². The van der Waals surface area contributed by atoms with Crippen molar-refractivity contribution in [2.45, 2.75) is 51.5 Å². The first-order valence-corrected chi connectivity index (χ1v) is 5.33. The van der Waals surface area contributed by atoms with E-state index in [1.807, 2.05) is 0 Å². The first kappa shape index (κ1) is 9.71. The van der Waals surface area contributed by atoms with Crippen molar-refractivity contribution in [3.63, 3.8) is 0 Å². The third kappa shape index (κ3) is 1.57. The van der Waals surface area contributed by atoms with Crippen LogP contribution in [-0.2, 0) is 11.8 Å². The highest BCUT2D eigenvalue weighted by Crippen LogP contribution is 2.29. The minimum absolute atomic E-state index is 0.0943. The summed E-state index contributed by atoms with van der Waals surface area (Å²) in [5, 5.41) is 0. The van der Waals surface area contributed by atoms with E-state index in [9.17, 15) is 0 Å². The summed E-state index contributed by atoms with van der Waals surface area (Å²) in [4.78, 5) is 8.04. The number of aromatic nitrogens is 2. The van der Waals surface area contributed by atoms with Crippen molar-refractivity contribution in [3.05, 3.63) is 17.2 Å². The molecule has 3 N–H and O–H groups in total. The van der Waals surface area contributed by atoms with E-state index in [-0.39, 0.29) is 11.5 Å². The molecule has 14 heavy (non-hydrogen) atoms. The minimum Gasteiger partial charge on any atom is -0.345 e. The maximum absolute atomic E-state index is 6.02. The van der Waals surface area contributed by atoms with Gasteiger partial charge in [-0.3, -0.25) is 0 Å². The van der Waals surface area contributed by atoms with Crippen LogP contribution in [0, 0.1) is 0 Å². The Morgan fingerprint density at radius 2 is 2.14 bits per heavy atom. The van der Waals surface area contributed by atoms with Gasteiger partial charge in [-0.2, -0.15) is 0 Å². The molecule has 0 saturated carbocycles. The van der Waals surface area contributed by atoms with Gasteiger partial charge in [-0.05, 0) is 19.3 Å². The Hall–Kier alpha value is -0.830. The molecule has 2 rings (SSSR count). The van der Waals surface area contributed by atoms with E-state index < -0.39 is 0 Å². The summed E-state index contributed by atoms with van der Waals surface area (Å²) >= 11 is 0. The maximum Gasteiger partial charge on any atom is 0.112 e. The third-order valence-corrected chi connectivity index (χ3v) is 2.81. The lowest BCUT2D eigenvalue weighted by atomic mass is 9.96. The second-order valence-corrected chi connectivity index (χ2v) is 5.20. The number of H-pyrrole nitrogens is 1. The molecule has 1 unspecified atom stereocenters. The molecule has 0 saturated heterocycles. The average Bonchev–Trinajstić information content (AvgIpc) is 2.48. The lowest BCUT2D eigenvalue weighted by Crippen LogP contribution is -2.17. The number of hydrogen-bond donors (Lipinski definition) is 2. The Kier molecular flexibility index (Phi) is 2.14. The number of aromatic amines is 1. The molecule has 0 amide bonds. The van der Waals surface area contributed by atoms with Crippen molar-refractivity contribution < 1.29 is 0 Å². The number of aryl methyl sites for hydroxylation is 1. The summed E-state index contributed by atoms with van der Waals surface area (Å²) in [6.07, 6.45) is 3.35. The third-order valence-electron chi connectivity index (χ3n) is 2.81. The molecule has 1 atom stereocenters. The fourth-order valence-electron chi connectivity index (χ4n) is 1.91. The van der Waals surface area contributed by atoms with Gasteiger partial charge in [0.1, 0.15) is 5.82 Å². The molecule has 1 heterocycles. The molecule has 1 aromatic rings. The molecule has 0 aliphatic heterocycles. The molecule has 1 aromatic heterocycles. The van der Waals surface area contributed by atoms with Crippen molar-refractivity contribution in [1.82, 2.24) is 9.97 Å². The van der Waals surface area contributed by atoms with Crippen LogP contribution in [-0.4, -0.2) is 9.97 Å². The predicted octanol–water partition coefficient (Wildman–Crippen LogP) is 2.04. The highest BCUT2D eigenvalue weighted by atomic mass is 15.0. The number of nitrogens with one attached hydrogen (secondary N) is 1. The Bertz CT molecular complexity index is 333. The van der Waals surface area contributed by atoms with Gasteiger partial charge in [-0.1, -0.05) is 20.8 Å². The number of nitrogens with zero attached hydrogens (tertiary/aromatic N) is 1. The zero-order valence-corrected chi connectivity index (χ0v) is 9.22. The highest BCUT2D eigenvalue weighted by molar-refractivity contribution is 5.23. The Morgan fingerprint density at radius 3 is 2.71 bits per heavy atom. The first-order chi connectivity index (χ1) is 6.48. The smallest absolute Gasteiger partial charge is 0.112 e. The maximum atomic E-state index is 6.02. The van der Waals surface area contributed by atoms with Crippen molar-refractivity contribution in [2.24, 2.45) is 5.73 Å². The van der Waals surface area contributed by atoms with E-state index in [2.05, 4.69) is 30.7 Å². The van der Waals surface area contributed by atoms with Crippen molar-refractivity contribution in [1.29, 1.82) is 0 Å². The van der Waals surface area contributed by atoms with Crippen LogP contribution in [0.1, 0.15) is 56.9 Å². The Balaban J connectivity index is 2.40. The Labute approximate surface area is 85.1 Å². The van der Waals surface area contributed by atoms with Crippen molar-refractivity contribution >= 4 is 0 Å². The Morgan fingerprint density at radius 1 is 1.43 bits per heavy atom. The fourth-order valence-corrected chi connectivity index (χ4v) is 1.91. The van der Waals surface area contributed by atoms with Gasteiger partial charge in [0.2, 0.25) is 0 Å². The van der Waals surface area contributed by atoms with Crippen LogP contribution in [0.4, 0.5) is 0 Å². The molecular weight excluding hydrogens is 174 g/mol. The lowest BCUT2D eigenvalue weighted by molar-refractivity contribution is 0.545. The van der Waals surface area contributed by atoms with E-state index in [1.54, 1.807) is 0 Å². The summed E-state index contributed by atoms with van der Waals surface area (Å²) in [6.45, 7) is 6.51. The van der Waals surface area contributed by atoms with E-state index >= 15 is 0 Å². The van der Waals surface area contributed by atoms with Gasteiger partial charge in [0.25, 0.3) is 0 Å². The van der Waals surface area contributed by atoms with E-state index in [0.29, 0.717) is 0 Å². The summed E-state index contributed by atoms with van der Waals surface area (Å²) in [5.41, 5.74) is 8.47. The highest BCUT2D eigenvalue weighted by Gasteiger charge is 2.25. The van der Waals surface area contributed by atoms with Crippen LogP contribution >= 0.6 is 0 Å². The summed E-state index contributed by atoms with van der Waals surface area (Å²) in [7, 11) is 0. The summed E-state index contributed by atoms with van der Waals surface area (Å²) < 4.78 is 0. The predicted molar refractivity (Wildman–Crippen MR) is 57.2 cm³/mol. The van der Waals surface area contributed by atoms with Crippen LogP contribution in [0.15, 0.2) is 0 Å². The van der Waals surface area contributed by atoms with Gasteiger partial charge in [-0.15, -0.1) is 0 Å². The zero-order chi connectivity index (χ0) is 10.3. The molecule has 1 aliphatic carbocycles. The molecule has 0 radical (unpaired) electrons. The fraction of sp³-hybridized carbons (Fsp3) is 0.727. The second-order valence-electron chi connectivity index (χ2n) is 5.20. The number of hydrogen-bond acceptors (Lipinski definition) is 2. The standard InChI is InChI=1S/C11H19N3/c1-11(2,3)10-13-8-6-4-5-7(12)9(8)14-10/h7H,4-6,12H2,1-3H3,(H,13,14). The summed E-state index contributed by atoms with van der Waals surface area (Å²) in [5.74, 6) is 1.07. The number of rotatable bonds is 0. The molecular formula is C11H19N3. The van der Waals surface area contributed by atoms with E-state index in [1.165, 1.54) is 12.1 Å². The zero-order valence-electron chi connectivity index (χ0n) is 9.22. The second kappa shape index (κ2) is 3.09. The molecule has 3 nitrogen and oxygen atoms in total. The van der Waals surface area contributed by atoms with Crippen LogP contribution < -0.4 is 5.73 Å². The van der Waals surface area contributed by atoms with Crippen LogP contribution in [0.3, 0.4) is 0 Å². The topological polar surface area (TPSA) is 54.7 Å². The van der Waals surface area contributed by atoms with Gasteiger partial charge in [0.15, 0.2) is 0 Å². The quantitative estimate of drug-likeness (QED) is 0.662. The van der Waals surface area contributed by atoms with E-state index in [0.717, 1.165) is 24.4 Å². The monoisotopic (exact) mass is 193 g/mol. The van der Waals surface area contributed by atoms with Crippen LogP contribution in [0.5, 0.6) is 0 Å². The average molecular weight is 193 g/mol. The molecule has 0 bridgehead atoms. The lowest BCUT2D eigenvalue weighted by Gasteiger charge is -2.15. The van der Waals surface area contributed by atoms with Gasteiger partial charge in [0.05, 0.1) is 5.69 Å². The normalized spacial score (nSPS) is 22.1. The minimum atomic E-state index is 0.0943. The van der Waals surface area contributed by atoms with Gasteiger partial charge >= 0.3 is 0 Å². The summed E-state index contributed by atoms with van der Waals surface area (Å²) in [6, 6.07) is 0.145. The van der Waals surface area contributed by atoms with Gasteiger partial charge in [0, 0.05) is 17.2 Å². The largest absolute Gasteiger partial charge is 0.345 e. The van der Waals surface area contributed by atoms with Gasteiger partial charge in [-0.25, -0.2) is 4.98 Å². The SMILES string of the molecule is CC(C)(C)c1nc2c([nH]1)CCCC2N. The molecule has 3 heteroatoms. The van der Waals surface area contributed by atoms with Crippen LogP contribution in [0.2, 0.25) is 0 Å². The first-order valence-electron chi connectivity index (χ1n) is 5.33. The molecule has 1 aliphatic rings.